The predicted octanol–water partition coefficient (Wildman–Crippen LogP) is 2.53. The minimum atomic E-state index is -0.0677. The highest BCUT2D eigenvalue weighted by atomic mass is 16.5. The third-order valence-electron chi connectivity index (χ3n) is 3.53. The standard InChI is InChI=1S/C14H20N2O2/c1-10-3-8-13(15-9-10)16-12-6-4-11(5-7-12)14(17)18-2/h3,8-9,11-12H,4-7H2,1-2H3,(H,15,16). The van der Waals surface area contributed by atoms with Gasteiger partial charge in [0.25, 0.3) is 0 Å². The SMILES string of the molecule is COC(=O)C1CCC(Nc2ccc(C)cn2)CC1. The van der Waals surface area contributed by atoms with Gasteiger partial charge in [-0.15, -0.1) is 0 Å². The molecule has 1 aliphatic carbocycles. The third-order valence-corrected chi connectivity index (χ3v) is 3.53. The molecule has 1 aliphatic rings. The smallest absolute Gasteiger partial charge is 0.308 e. The molecule has 0 saturated heterocycles. The van der Waals surface area contributed by atoms with Gasteiger partial charge in [-0.1, -0.05) is 6.07 Å². The summed E-state index contributed by atoms with van der Waals surface area (Å²) in [6.07, 6.45) is 5.65. The number of aromatic nitrogens is 1. The Balaban J connectivity index is 1.83. The molecule has 98 valence electrons. The molecule has 0 radical (unpaired) electrons. The van der Waals surface area contributed by atoms with Gasteiger partial charge in [-0.3, -0.25) is 4.79 Å². The third kappa shape index (κ3) is 3.22. The van der Waals surface area contributed by atoms with Crippen LogP contribution < -0.4 is 5.32 Å². The highest BCUT2D eigenvalue weighted by Crippen LogP contribution is 2.26. The summed E-state index contributed by atoms with van der Waals surface area (Å²) in [5, 5.41) is 3.42. The molecule has 1 fully saturated rings. The number of rotatable bonds is 3. The molecule has 0 unspecified atom stereocenters. The fraction of sp³-hybridized carbons (Fsp3) is 0.571. The van der Waals surface area contributed by atoms with E-state index in [-0.39, 0.29) is 11.9 Å². The van der Waals surface area contributed by atoms with E-state index in [1.165, 1.54) is 7.11 Å². The number of ether oxygens (including phenoxy) is 1. The fourth-order valence-electron chi connectivity index (χ4n) is 2.40. The Hall–Kier alpha value is -1.58. The first-order valence-electron chi connectivity index (χ1n) is 6.46. The molecule has 1 saturated carbocycles. The molecule has 0 spiro atoms. The molecule has 0 amide bonds. The molecule has 4 nitrogen and oxygen atoms in total. The van der Waals surface area contributed by atoms with Gasteiger partial charge in [-0.25, -0.2) is 4.98 Å². The Kier molecular flexibility index (Phi) is 4.18. The summed E-state index contributed by atoms with van der Waals surface area (Å²) in [5.41, 5.74) is 1.16. The van der Waals surface area contributed by atoms with Gasteiger partial charge < -0.3 is 10.1 Å². The monoisotopic (exact) mass is 248 g/mol. The zero-order chi connectivity index (χ0) is 13.0. The summed E-state index contributed by atoms with van der Waals surface area (Å²) >= 11 is 0. The lowest BCUT2D eigenvalue weighted by molar-refractivity contribution is -0.146. The van der Waals surface area contributed by atoms with Crippen LogP contribution in [0.3, 0.4) is 0 Å². The number of methoxy groups -OCH3 is 1. The van der Waals surface area contributed by atoms with Crippen molar-refractivity contribution in [2.45, 2.75) is 38.6 Å². The Morgan fingerprint density at radius 3 is 2.61 bits per heavy atom. The van der Waals surface area contributed by atoms with E-state index in [0.29, 0.717) is 6.04 Å². The quantitative estimate of drug-likeness (QED) is 0.835. The number of carbonyl (C=O) groups is 1. The molecular weight excluding hydrogens is 228 g/mol. The van der Waals surface area contributed by atoms with Gasteiger partial charge in [0.1, 0.15) is 5.82 Å². The molecule has 2 rings (SSSR count). The van der Waals surface area contributed by atoms with Crippen molar-refractivity contribution >= 4 is 11.8 Å². The van der Waals surface area contributed by atoms with Crippen LogP contribution >= 0.6 is 0 Å². The molecule has 1 heterocycles. The van der Waals surface area contributed by atoms with Crippen LogP contribution in [-0.4, -0.2) is 24.1 Å². The summed E-state index contributed by atoms with van der Waals surface area (Å²) in [4.78, 5) is 15.8. The van der Waals surface area contributed by atoms with Crippen LogP contribution in [0.5, 0.6) is 0 Å². The van der Waals surface area contributed by atoms with Crippen LogP contribution in [0, 0.1) is 12.8 Å². The van der Waals surface area contributed by atoms with Crippen molar-refractivity contribution in [3.05, 3.63) is 23.9 Å². The van der Waals surface area contributed by atoms with E-state index in [9.17, 15) is 4.79 Å². The lowest BCUT2D eigenvalue weighted by atomic mass is 9.86. The average Bonchev–Trinajstić information content (AvgIpc) is 2.41. The molecule has 4 heteroatoms. The number of pyridine rings is 1. The Bertz CT molecular complexity index is 395. The lowest BCUT2D eigenvalue weighted by Crippen LogP contribution is -2.30. The highest BCUT2D eigenvalue weighted by molar-refractivity contribution is 5.72. The second-order valence-electron chi connectivity index (χ2n) is 4.94. The second kappa shape index (κ2) is 5.85. The molecule has 0 aliphatic heterocycles. The van der Waals surface area contributed by atoms with Crippen molar-refractivity contribution in [2.75, 3.05) is 12.4 Å². The fourth-order valence-corrected chi connectivity index (χ4v) is 2.40. The second-order valence-corrected chi connectivity index (χ2v) is 4.94. The maximum absolute atomic E-state index is 11.4. The van der Waals surface area contributed by atoms with E-state index >= 15 is 0 Å². The van der Waals surface area contributed by atoms with E-state index in [1.54, 1.807) is 0 Å². The molecule has 0 bridgehead atoms. The molecule has 0 aromatic carbocycles. The van der Waals surface area contributed by atoms with Crippen molar-refractivity contribution in [2.24, 2.45) is 5.92 Å². The van der Waals surface area contributed by atoms with Crippen LogP contribution in [0.25, 0.3) is 0 Å². The molecule has 18 heavy (non-hydrogen) atoms. The van der Waals surface area contributed by atoms with Gasteiger partial charge in [0.2, 0.25) is 0 Å². The molecule has 1 aromatic rings. The summed E-state index contributed by atoms with van der Waals surface area (Å²) in [5.74, 6) is 0.933. The van der Waals surface area contributed by atoms with Crippen molar-refractivity contribution in [3.8, 4) is 0 Å². The first-order chi connectivity index (χ1) is 8.69. The van der Waals surface area contributed by atoms with Gasteiger partial charge in [0.05, 0.1) is 13.0 Å². The van der Waals surface area contributed by atoms with Gasteiger partial charge >= 0.3 is 5.97 Å². The van der Waals surface area contributed by atoms with Crippen molar-refractivity contribution in [1.29, 1.82) is 0 Å². The average molecular weight is 248 g/mol. The van der Waals surface area contributed by atoms with Gasteiger partial charge in [0, 0.05) is 12.2 Å². The number of esters is 1. The number of aryl methyl sites for hydroxylation is 1. The van der Waals surface area contributed by atoms with Crippen LogP contribution in [0.2, 0.25) is 0 Å². The van der Waals surface area contributed by atoms with Crippen LogP contribution in [0.15, 0.2) is 18.3 Å². The van der Waals surface area contributed by atoms with E-state index < -0.39 is 0 Å². The van der Waals surface area contributed by atoms with E-state index in [2.05, 4.69) is 16.4 Å². The van der Waals surface area contributed by atoms with Crippen LogP contribution in [0.1, 0.15) is 31.2 Å². The zero-order valence-corrected chi connectivity index (χ0v) is 11.0. The molecule has 1 aromatic heterocycles. The summed E-state index contributed by atoms with van der Waals surface area (Å²) in [6.45, 7) is 2.03. The first kappa shape index (κ1) is 12.9. The number of anilines is 1. The summed E-state index contributed by atoms with van der Waals surface area (Å²) in [7, 11) is 1.46. The molecule has 1 N–H and O–H groups in total. The molecular formula is C14H20N2O2. The van der Waals surface area contributed by atoms with Gasteiger partial charge in [-0.05, 0) is 44.2 Å². The van der Waals surface area contributed by atoms with Crippen LogP contribution in [-0.2, 0) is 9.53 Å². The van der Waals surface area contributed by atoms with Crippen molar-refractivity contribution in [1.82, 2.24) is 4.98 Å². The largest absolute Gasteiger partial charge is 0.469 e. The summed E-state index contributed by atoms with van der Waals surface area (Å²) < 4.78 is 4.78. The molecule has 0 atom stereocenters. The normalized spacial score (nSPS) is 23.4. The minimum absolute atomic E-state index is 0.0677. The van der Waals surface area contributed by atoms with Crippen molar-refractivity contribution in [3.63, 3.8) is 0 Å². The van der Waals surface area contributed by atoms with E-state index in [0.717, 1.165) is 37.1 Å². The van der Waals surface area contributed by atoms with Gasteiger partial charge in [-0.2, -0.15) is 0 Å². The predicted molar refractivity (Wildman–Crippen MR) is 70.4 cm³/mol. The number of carbonyl (C=O) groups excluding carboxylic acids is 1. The van der Waals surface area contributed by atoms with E-state index in [1.807, 2.05) is 19.2 Å². The van der Waals surface area contributed by atoms with Crippen LogP contribution in [0.4, 0.5) is 5.82 Å². The number of nitrogens with zero attached hydrogens (tertiary/aromatic N) is 1. The summed E-state index contributed by atoms with van der Waals surface area (Å²) in [6, 6.07) is 4.47. The number of nitrogens with one attached hydrogen (secondary N) is 1. The van der Waals surface area contributed by atoms with Crippen molar-refractivity contribution < 1.29 is 9.53 Å². The number of hydrogen-bond donors (Lipinski definition) is 1. The Morgan fingerprint density at radius 1 is 1.33 bits per heavy atom. The maximum Gasteiger partial charge on any atom is 0.308 e. The topological polar surface area (TPSA) is 51.2 Å². The minimum Gasteiger partial charge on any atom is -0.469 e. The lowest BCUT2D eigenvalue weighted by Gasteiger charge is -2.27. The Labute approximate surface area is 108 Å². The number of hydrogen-bond acceptors (Lipinski definition) is 4. The Morgan fingerprint density at radius 2 is 2.06 bits per heavy atom. The van der Waals surface area contributed by atoms with Gasteiger partial charge in [0.15, 0.2) is 0 Å². The zero-order valence-electron chi connectivity index (χ0n) is 11.0. The van der Waals surface area contributed by atoms with E-state index in [4.69, 9.17) is 4.74 Å². The highest BCUT2D eigenvalue weighted by Gasteiger charge is 2.26. The first-order valence-corrected chi connectivity index (χ1v) is 6.46. The maximum atomic E-state index is 11.4.